The third kappa shape index (κ3) is 6.23. The number of phenols is 2. The summed E-state index contributed by atoms with van der Waals surface area (Å²) in [7, 11) is 0. The Morgan fingerprint density at radius 3 is 2.43 bits per heavy atom. The Kier molecular flexibility index (Phi) is 8.12. The zero-order valence-electron chi connectivity index (χ0n) is 13.0. The monoisotopic (exact) mass is 323 g/mol. The van der Waals surface area contributed by atoms with Crippen LogP contribution < -0.4 is 40.0 Å². The molecule has 6 heteroatoms. The van der Waals surface area contributed by atoms with Crippen molar-refractivity contribution in [3.8, 4) is 11.5 Å². The summed E-state index contributed by atoms with van der Waals surface area (Å²) in [6.07, 6.45) is 0.787. The van der Waals surface area contributed by atoms with Gasteiger partial charge >= 0.3 is 29.6 Å². The number of carboxylic acids is 1. The van der Waals surface area contributed by atoms with Gasteiger partial charge in [0, 0.05) is 6.07 Å². The van der Waals surface area contributed by atoms with Crippen LogP contribution in [0.1, 0.15) is 11.1 Å². The van der Waals surface area contributed by atoms with Gasteiger partial charge in [0.25, 0.3) is 0 Å². The summed E-state index contributed by atoms with van der Waals surface area (Å²) >= 11 is 0. The number of nitrogens with one attached hydrogen (secondary N) is 1. The number of aliphatic carboxylic acids is 1. The average Bonchev–Trinajstić information content (AvgIpc) is 2.49. The van der Waals surface area contributed by atoms with Crippen LogP contribution in [0.15, 0.2) is 48.5 Å². The molecule has 0 fully saturated rings. The molecule has 0 saturated heterocycles. The van der Waals surface area contributed by atoms with E-state index >= 15 is 0 Å². The van der Waals surface area contributed by atoms with Crippen molar-refractivity contribution < 1.29 is 49.7 Å². The van der Waals surface area contributed by atoms with Crippen LogP contribution in [0.2, 0.25) is 0 Å². The first-order chi connectivity index (χ1) is 10.6. The Bertz CT molecular complexity index is 634. The summed E-state index contributed by atoms with van der Waals surface area (Å²) in [5.41, 5.74) is 1.55. The summed E-state index contributed by atoms with van der Waals surface area (Å²) in [4.78, 5) is 11.2. The van der Waals surface area contributed by atoms with E-state index in [9.17, 15) is 20.1 Å². The molecule has 0 aliphatic carbocycles. The van der Waals surface area contributed by atoms with Gasteiger partial charge in [-0.05, 0) is 36.6 Å². The van der Waals surface area contributed by atoms with Crippen molar-refractivity contribution in [2.45, 2.75) is 18.9 Å². The molecule has 0 saturated carbocycles. The van der Waals surface area contributed by atoms with Gasteiger partial charge in [-0.2, -0.15) is 0 Å². The van der Waals surface area contributed by atoms with Crippen LogP contribution in [0.3, 0.4) is 0 Å². The fourth-order valence-corrected chi connectivity index (χ4v) is 2.23. The van der Waals surface area contributed by atoms with Gasteiger partial charge in [-0.15, -0.1) is 0 Å². The predicted octanol–water partition coefficient (Wildman–Crippen LogP) is -2.40. The molecule has 2 aromatic rings. The molecule has 0 aliphatic rings. The third-order valence-corrected chi connectivity index (χ3v) is 3.42. The van der Waals surface area contributed by atoms with E-state index in [1.165, 1.54) is 12.1 Å². The molecule has 0 heterocycles. The van der Waals surface area contributed by atoms with Gasteiger partial charge in [-0.3, -0.25) is 0 Å². The number of hydrogen-bond donors (Lipinski definition) is 3. The van der Waals surface area contributed by atoms with Crippen molar-refractivity contribution in [3.63, 3.8) is 0 Å². The molecule has 0 aliphatic heterocycles. The second kappa shape index (κ2) is 9.57. The Balaban J connectivity index is 0.00000264. The molecular formula is C17H18NNaO4. The van der Waals surface area contributed by atoms with E-state index in [0.717, 1.165) is 5.56 Å². The van der Waals surface area contributed by atoms with Gasteiger partial charge in [0.15, 0.2) is 0 Å². The first kappa shape index (κ1) is 19.5. The van der Waals surface area contributed by atoms with Gasteiger partial charge in [-0.25, -0.2) is 0 Å². The van der Waals surface area contributed by atoms with Crippen molar-refractivity contribution in [1.82, 2.24) is 5.32 Å². The number of phenolic OH excluding ortho intramolecular Hbond substituents is 2. The maximum Gasteiger partial charge on any atom is 1.00 e. The number of benzene rings is 2. The standard InChI is InChI=1S/C17H19NO4.Na/c19-14-7-6-13(16(20)11-14)8-9-18-15(17(21)22)10-12-4-2-1-3-5-12;/h1-7,11,15,18-20H,8-10H2,(H,21,22);/q;+1/p-1/t15-;/m0./s1. The summed E-state index contributed by atoms with van der Waals surface area (Å²) < 4.78 is 0. The number of hydrogen-bond acceptors (Lipinski definition) is 5. The van der Waals surface area contributed by atoms with Crippen molar-refractivity contribution in [3.05, 3.63) is 59.7 Å². The number of rotatable bonds is 7. The Morgan fingerprint density at radius 1 is 1.13 bits per heavy atom. The summed E-state index contributed by atoms with van der Waals surface area (Å²) in [5.74, 6) is -1.17. The zero-order chi connectivity index (χ0) is 15.9. The minimum atomic E-state index is -1.15. The van der Waals surface area contributed by atoms with Gasteiger partial charge in [0.05, 0.1) is 12.0 Å². The van der Waals surface area contributed by atoms with Crippen LogP contribution in [-0.4, -0.2) is 28.8 Å². The number of carbonyl (C=O) groups is 1. The molecule has 0 spiro atoms. The van der Waals surface area contributed by atoms with Crippen molar-refractivity contribution >= 4 is 5.97 Å². The maximum atomic E-state index is 11.2. The first-order valence-corrected chi connectivity index (χ1v) is 7.05. The average molecular weight is 323 g/mol. The fraction of sp³-hybridized carbons (Fsp3) is 0.235. The second-order valence-electron chi connectivity index (χ2n) is 5.08. The van der Waals surface area contributed by atoms with Crippen LogP contribution in [0.4, 0.5) is 0 Å². The Morgan fingerprint density at radius 2 is 1.83 bits per heavy atom. The number of aromatic hydroxyl groups is 2. The topological polar surface area (TPSA) is 92.6 Å². The van der Waals surface area contributed by atoms with E-state index in [0.29, 0.717) is 24.9 Å². The quantitative estimate of drug-likeness (QED) is 0.494. The molecular weight excluding hydrogens is 305 g/mol. The van der Waals surface area contributed by atoms with E-state index in [-0.39, 0.29) is 41.1 Å². The molecule has 2 aromatic carbocycles. The van der Waals surface area contributed by atoms with E-state index in [1.54, 1.807) is 6.07 Å². The Hall–Kier alpha value is -1.53. The third-order valence-electron chi connectivity index (χ3n) is 3.42. The van der Waals surface area contributed by atoms with Crippen molar-refractivity contribution in [2.24, 2.45) is 0 Å². The molecule has 2 rings (SSSR count). The minimum absolute atomic E-state index is 0. The van der Waals surface area contributed by atoms with Crippen LogP contribution >= 0.6 is 0 Å². The smallest absolute Gasteiger partial charge is 0.548 e. The molecule has 1 atom stereocenters. The van der Waals surface area contributed by atoms with Crippen LogP contribution in [0.25, 0.3) is 0 Å². The Labute approximate surface area is 157 Å². The first-order valence-electron chi connectivity index (χ1n) is 7.05. The van der Waals surface area contributed by atoms with E-state index in [1.807, 2.05) is 30.3 Å². The van der Waals surface area contributed by atoms with Crippen LogP contribution in [0, 0.1) is 0 Å². The van der Waals surface area contributed by atoms with E-state index < -0.39 is 12.0 Å². The van der Waals surface area contributed by atoms with Gasteiger partial charge in [0.1, 0.15) is 11.5 Å². The minimum Gasteiger partial charge on any atom is -0.548 e. The zero-order valence-corrected chi connectivity index (χ0v) is 15.0. The second-order valence-corrected chi connectivity index (χ2v) is 5.08. The molecule has 0 amide bonds. The largest absolute Gasteiger partial charge is 1.00 e. The molecule has 0 aromatic heterocycles. The molecule has 116 valence electrons. The molecule has 23 heavy (non-hydrogen) atoms. The SMILES string of the molecule is O=C([O-])[C@H](Cc1ccccc1)NCCc1ccc(O)cc1O.[Na+]. The van der Waals surface area contributed by atoms with Gasteiger partial charge in [-0.1, -0.05) is 36.4 Å². The number of carboxylic acid groups (broad SMARTS) is 1. The predicted molar refractivity (Wildman–Crippen MR) is 80.4 cm³/mol. The summed E-state index contributed by atoms with van der Waals surface area (Å²) in [6, 6.07) is 12.9. The van der Waals surface area contributed by atoms with E-state index in [4.69, 9.17) is 0 Å². The number of carbonyl (C=O) groups excluding carboxylic acids is 1. The van der Waals surface area contributed by atoms with Crippen LogP contribution in [0.5, 0.6) is 11.5 Å². The molecule has 3 N–H and O–H groups in total. The molecule has 5 nitrogen and oxygen atoms in total. The van der Waals surface area contributed by atoms with Crippen LogP contribution in [-0.2, 0) is 17.6 Å². The fourth-order valence-electron chi connectivity index (χ4n) is 2.23. The van der Waals surface area contributed by atoms with Crippen molar-refractivity contribution in [2.75, 3.05) is 6.54 Å². The van der Waals surface area contributed by atoms with Gasteiger partial charge < -0.3 is 25.4 Å². The summed E-state index contributed by atoms with van der Waals surface area (Å²) in [5, 5.41) is 33.0. The summed E-state index contributed by atoms with van der Waals surface area (Å²) in [6.45, 7) is 0.379. The van der Waals surface area contributed by atoms with E-state index in [2.05, 4.69) is 5.32 Å². The molecule has 0 bridgehead atoms. The molecule has 0 unspecified atom stereocenters. The molecule has 0 radical (unpaired) electrons. The van der Waals surface area contributed by atoms with Crippen molar-refractivity contribution in [1.29, 1.82) is 0 Å². The maximum absolute atomic E-state index is 11.2. The van der Waals surface area contributed by atoms with Gasteiger partial charge in [0.2, 0.25) is 0 Å². The normalized spacial score (nSPS) is 11.5.